The van der Waals surface area contributed by atoms with Gasteiger partial charge < -0.3 is 10.0 Å². The van der Waals surface area contributed by atoms with Crippen molar-refractivity contribution in [1.82, 2.24) is 4.90 Å². The summed E-state index contributed by atoms with van der Waals surface area (Å²) in [5.74, 6) is 0. The van der Waals surface area contributed by atoms with Gasteiger partial charge in [0, 0.05) is 18.0 Å². The number of amides is 1. The van der Waals surface area contributed by atoms with Gasteiger partial charge in [0.2, 0.25) is 0 Å². The summed E-state index contributed by atoms with van der Waals surface area (Å²) in [6.45, 7) is 0.607. The summed E-state index contributed by atoms with van der Waals surface area (Å²) in [4.78, 5) is 11.3. The minimum Gasteiger partial charge on any atom is -0.465 e. The van der Waals surface area contributed by atoms with Gasteiger partial charge >= 0.3 is 6.09 Å². The van der Waals surface area contributed by atoms with E-state index >= 15 is 0 Å². The molecule has 0 saturated heterocycles. The molecule has 0 aliphatic heterocycles. The van der Waals surface area contributed by atoms with E-state index in [1.54, 1.807) is 7.05 Å². The minimum atomic E-state index is -0.860. The zero-order chi connectivity index (χ0) is 6.57. The van der Waals surface area contributed by atoms with Gasteiger partial charge in [0.05, 0.1) is 0 Å². The highest BCUT2D eigenvalue weighted by molar-refractivity contribution is 14.1. The second kappa shape index (κ2) is 3.94. The molecule has 1 amide bonds. The number of carbonyl (C=O) groups is 1. The average molecular weight is 229 g/mol. The van der Waals surface area contributed by atoms with Crippen molar-refractivity contribution in [1.29, 1.82) is 0 Å². The average Bonchev–Trinajstić information content (AvgIpc) is 1.67. The molecule has 1 N–H and O–H groups in total. The molecule has 0 aromatic carbocycles. The van der Waals surface area contributed by atoms with Gasteiger partial charge in [-0.25, -0.2) is 4.79 Å². The van der Waals surface area contributed by atoms with Gasteiger partial charge in [-0.15, -0.1) is 0 Å². The van der Waals surface area contributed by atoms with Gasteiger partial charge in [-0.05, 0) is 0 Å². The van der Waals surface area contributed by atoms with Crippen LogP contribution in [0.25, 0.3) is 0 Å². The maximum absolute atomic E-state index is 10.0. The highest BCUT2D eigenvalue weighted by Crippen LogP contribution is 1.86. The predicted molar refractivity (Wildman–Crippen MR) is 39.5 cm³/mol. The molecule has 0 fully saturated rings. The molecule has 0 bridgehead atoms. The van der Waals surface area contributed by atoms with Crippen LogP contribution < -0.4 is 0 Å². The monoisotopic (exact) mass is 229 g/mol. The van der Waals surface area contributed by atoms with Crippen LogP contribution in [0.4, 0.5) is 4.79 Å². The Morgan fingerprint density at radius 3 is 2.50 bits per heavy atom. The minimum absolute atomic E-state index is 0.607. The molecular weight excluding hydrogens is 221 g/mol. The Morgan fingerprint density at radius 2 is 2.38 bits per heavy atom. The van der Waals surface area contributed by atoms with Crippen molar-refractivity contribution >= 4 is 28.7 Å². The highest BCUT2D eigenvalue weighted by Gasteiger charge is 2.00. The molecule has 0 heterocycles. The molecule has 0 saturated carbocycles. The fourth-order valence-electron chi connectivity index (χ4n) is 0.222. The van der Waals surface area contributed by atoms with Crippen LogP contribution in [0.5, 0.6) is 0 Å². The lowest BCUT2D eigenvalue weighted by Crippen LogP contribution is -2.26. The third kappa shape index (κ3) is 3.06. The molecule has 0 atom stereocenters. The maximum atomic E-state index is 10.0. The van der Waals surface area contributed by atoms with Crippen molar-refractivity contribution in [2.75, 3.05) is 18.0 Å². The van der Waals surface area contributed by atoms with Crippen LogP contribution in [0.1, 0.15) is 0 Å². The number of halogens is 1. The topological polar surface area (TPSA) is 40.5 Å². The standard InChI is InChI=1S/C4H8INO2/c1-6(3-2-5)4(7)8/h2-3H2,1H3,(H,7,8). The van der Waals surface area contributed by atoms with Gasteiger partial charge in [-0.3, -0.25) is 0 Å². The largest absolute Gasteiger partial charge is 0.465 e. The van der Waals surface area contributed by atoms with Gasteiger partial charge in [0.1, 0.15) is 0 Å². The normalized spacial score (nSPS) is 8.75. The molecular formula is C4H8INO2. The van der Waals surface area contributed by atoms with Crippen LogP contribution in [0, 0.1) is 0 Å². The number of hydrogen-bond acceptors (Lipinski definition) is 1. The first-order valence-corrected chi connectivity index (χ1v) is 3.71. The van der Waals surface area contributed by atoms with Crippen LogP contribution in [0.15, 0.2) is 0 Å². The Labute approximate surface area is 61.8 Å². The van der Waals surface area contributed by atoms with E-state index in [9.17, 15) is 4.79 Å². The lowest BCUT2D eigenvalue weighted by atomic mass is 10.7. The SMILES string of the molecule is CN(CCI)C(=O)O. The Balaban J connectivity index is 3.32. The molecule has 3 nitrogen and oxygen atoms in total. The van der Waals surface area contributed by atoms with E-state index in [1.807, 2.05) is 0 Å². The Kier molecular flexibility index (Phi) is 3.94. The van der Waals surface area contributed by atoms with Crippen molar-refractivity contribution in [2.24, 2.45) is 0 Å². The van der Waals surface area contributed by atoms with Crippen LogP contribution in [0.2, 0.25) is 0 Å². The Bertz CT molecular complexity index is 86.1. The molecule has 0 spiro atoms. The molecule has 8 heavy (non-hydrogen) atoms. The summed E-state index contributed by atoms with van der Waals surface area (Å²) in [7, 11) is 1.56. The third-order valence-corrected chi connectivity index (χ3v) is 1.23. The summed E-state index contributed by atoms with van der Waals surface area (Å²) >= 11 is 2.13. The second-order valence-electron chi connectivity index (χ2n) is 1.39. The molecule has 0 aliphatic rings. The lowest BCUT2D eigenvalue weighted by Gasteiger charge is -2.08. The molecule has 0 unspecified atom stereocenters. The fourth-order valence-corrected chi connectivity index (χ4v) is 0.946. The Morgan fingerprint density at radius 1 is 1.88 bits per heavy atom. The second-order valence-corrected chi connectivity index (χ2v) is 2.47. The summed E-state index contributed by atoms with van der Waals surface area (Å²) in [5, 5.41) is 8.24. The molecule has 4 heteroatoms. The summed E-state index contributed by atoms with van der Waals surface area (Å²) in [6, 6.07) is 0. The van der Waals surface area contributed by atoms with E-state index in [-0.39, 0.29) is 0 Å². The summed E-state index contributed by atoms with van der Waals surface area (Å²) in [6.07, 6.45) is -0.860. The smallest absolute Gasteiger partial charge is 0.407 e. The fraction of sp³-hybridized carbons (Fsp3) is 0.750. The number of carboxylic acid groups (broad SMARTS) is 1. The van der Waals surface area contributed by atoms with E-state index in [0.29, 0.717) is 6.54 Å². The number of rotatable bonds is 2. The van der Waals surface area contributed by atoms with Crippen molar-refractivity contribution in [2.45, 2.75) is 0 Å². The van der Waals surface area contributed by atoms with E-state index in [1.165, 1.54) is 4.90 Å². The quantitative estimate of drug-likeness (QED) is 0.567. The molecule has 0 radical (unpaired) electrons. The highest BCUT2D eigenvalue weighted by atomic mass is 127. The first-order chi connectivity index (χ1) is 3.68. The van der Waals surface area contributed by atoms with Crippen molar-refractivity contribution in [3.05, 3.63) is 0 Å². The van der Waals surface area contributed by atoms with Crippen LogP contribution in [-0.4, -0.2) is 34.1 Å². The molecule has 0 aromatic heterocycles. The lowest BCUT2D eigenvalue weighted by molar-refractivity contribution is 0.159. The zero-order valence-corrected chi connectivity index (χ0v) is 6.75. The summed E-state index contributed by atoms with van der Waals surface area (Å²) in [5.41, 5.74) is 0. The van der Waals surface area contributed by atoms with Gasteiger partial charge in [-0.1, -0.05) is 22.6 Å². The van der Waals surface area contributed by atoms with E-state index in [0.717, 1.165) is 4.43 Å². The van der Waals surface area contributed by atoms with Crippen molar-refractivity contribution in [3.8, 4) is 0 Å². The van der Waals surface area contributed by atoms with Gasteiger partial charge in [0.15, 0.2) is 0 Å². The zero-order valence-electron chi connectivity index (χ0n) is 4.59. The third-order valence-electron chi connectivity index (χ3n) is 0.746. The Hall–Kier alpha value is 0. The van der Waals surface area contributed by atoms with E-state index in [4.69, 9.17) is 5.11 Å². The van der Waals surface area contributed by atoms with Crippen LogP contribution in [-0.2, 0) is 0 Å². The summed E-state index contributed by atoms with van der Waals surface area (Å²) < 4.78 is 0.848. The molecule has 0 aromatic rings. The predicted octanol–water partition coefficient (Wildman–Crippen LogP) is 1.03. The molecule has 0 aliphatic carbocycles. The van der Waals surface area contributed by atoms with Gasteiger partial charge in [-0.2, -0.15) is 0 Å². The number of alkyl halides is 1. The van der Waals surface area contributed by atoms with Crippen molar-refractivity contribution in [3.63, 3.8) is 0 Å². The van der Waals surface area contributed by atoms with Crippen LogP contribution >= 0.6 is 22.6 Å². The van der Waals surface area contributed by atoms with E-state index < -0.39 is 6.09 Å². The number of nitrogens with zero attached hydrogens (tertiary/aromatic N) is 1. The van der Waals surface area contributed by atoms with E-state index in [2.05, 4.69) is 22.6 Å². The van der Waals surface area contributed by atoms with Crippen molar-refractivity contribution < 1.29 is 9.90 Å². The first kappa shape index (κ1) is 8.00. The van der Waals surface area contributed by atoms with Gasteiger partial charge in [0.25, 0.3) is 0 Å². The van der Waals surface area contributed by atoms with Crippen LogP contribution in [0.3, 0.4) is 0 Å². The first-order valence-electron chi connectivity index (χ1n) is 2.18. The number of hydrogen-bond donors (Lipinski definition) is 1. The maximum Gasteiger partial charge on any atom is 0.407 e. The molecule has 0 rings (SSSR count). The molecule has 48 valence electrons.